The Hall–Kier alpha value is -2.08. The summed E-state index contributed by atoms with van der Waals surface area (Å²) < 4.78 is 20.9. The normalized spacial score (nSPS) is 10.9. The van der Waals surface area contributed by atoms with Crippen LogP contribution in [0.15, 0.2) is 29.8 Å². The number of imidazole rings is 1. The molecule has 6 heteroatoms. The van der Waals surface area contributed by atoms with E-state index in [2.05, 4.69) is 10.3 Å². The van der Waals surface area contributed by atoms with Crippen molar-refractivity contribution in [3.63, 3.8) is 0 Å². The molecular weight excluding hydrogens is 277 g/mol. The summed E-state index contributed by atoms with van der Waals surface area (Å²) in [6.45, 7) is 2.38. The number of fused-ring (bicyclic) bond motifs is 1. The summed E-state index contributed by atoms with van der Waals surface area (Å²) in [6.07, 6.45) is 1.93. The van der Waals surface area contributed by atoms with Crippen LogP contribution in [0.3, 0.4) is 0 Å². The number of ether oxygens (including phenoxy) is 1. The predicted molar refractivity (Wildman–Crippen MR) is 78.1 cm³/mol. The van der Waals surface area contributed by atoms with Gasteiger partial charge in [-0.15, -0.1) is 11.3 Å². The Kier molecular flexibility index (Phi) is 3.31. The number of hydrogen-bond acceptors (Lipinski definition) is 4. The molecule has 0 atom stereocenters. The lowest BCUT2D eigenvalue weighted by molar-refractivity contribution is 0.395. The minimum atomic E-state index is -0.263. The third-order valence-electron chi connectivity index (χ3n) is 3.09. The molecule has 0 amide bonds. The first-order valence-corrected chi connectivity index (χ1v) is 7.05. The van der Waals surface area contributed by atoms with Gasteiger partial charge in [0.05, 0.1) is 19.3 Å². The zero-order valence-corrected chi connectivity index (χ0v) is 12.0. The third kappa shape index (κ3) is 2.22. The molecule has 2 heterocycles. The van der Waals surface area contributed by atoms with Crippen molar-refractivity contribution in [3.05, 3.63) is 46.9 Å². The Balaban J connectivity index is 1.89. The maximum atomic E-state index is 13.7. The summed E-state index contributed by atoms with van der Waals surface area (Å²) in [5.41, 5.74) is 2.37. The Morgan fingerprint density at radius 1 is 1.45 bits per heavy atom. The van der Waals surface area contributed by atoms with Crippen LogP contribution in [0.4, 0.5) is 10.1 Å². The molecule has 0 bridgehead atoms. The molecule has 3 aromatic rings. The molecule has 1 aromatic carbocycles. The maximum absolute atomic E-state index is 13.7. The van der Waals surface area contributed by atoms with Gasteiger partial charge in [0, 0.05) is 11.6 Å². The molecule has 4 nitrogen and oxygen atoms in total. The minimum absolute atomic E-state index is 0.263. The quantitative estimate of drug-likeness (QED) is 0.800. The Morgan fingerprint density at radius 2 is 2.30 bits per heavy atom. The van der Waals surface area contributed by atoms with Crippen LogP contribution in [0.1, 0.15) is 11.3 Å². The van der Waals surface area contributed by atoms with E-state index in [0.717, 1.165) is 16.2 Å². The number of nitrogens with one attached hydrogen (secondary N) is 1. The Bertz CT molecular complexity index is 750. The minimum Gasteiger partial charge on any atom is -0.480 e. The SMILES string of the molecule is COc1nc2sccn2c1CNc1cc(C)ccc1F. The van der Waals surface area contributed by atoms with Gasteiger partial charge >= 0.3 is 0 Å². The first-order valence-electron chi connectivity index (χ1n) is 6.17. The van der Waals surface area contributed by atoms with Gasteiger partial charge < -0.3 is 10.1 Å². The van der Waals surface area contributed by atoms with Crippen LogP contribution < -0.4 is 10.1 Å². The van der Waals surface area contributed by atoms with Crippen LogP contribution in [-0.2, 0) is 6.54 Å². The van der Waals surface area contributed by atoms with Gasteiger partial charge in [0.25, 0.3) is 0 Å². The van der Waals surface area contributed by atoms with Crippen molar-refractivity contribution in [1.82, 2.24) is 9.38 Å². The van der Waals surface area contributed by atoms with Gasteiger partial charge in [-0.05, 0) is 24.6 Å². The van der Waals surface area contributed by atoms with E-state index in [0.29, 0.717) is 18.1 Å². The number of thiazole rings is 1. The van der Waals surface area contributed by atoms with Crippen molar-refractivity contribution in [2.45, 2.75) is 13.5 Å². The van der Waals surface area contributed by atoms with Crippen LogP contribution >= 0.6 is 11.3 Å². The number of rotatable bonds is 4. The standard InChI is InChI=1S/C14H14FN3OS/c1-9-3-4-10(15)11(7-9)16-8-12-13(19-2)17-14-18(12)5-6-20-14/h3-7,16H,8H2,1-2H3. The first kappa shape index (κ1) is 12.9. The van der Waals surface area contributed by atoms with Crippen LogP contribution in [0.25, 0.3) is 4.96 Å². The molecule has 0 saturated carbocycles. The zero-order chi connectivity index (χ0) is 14.1. The Labute approximate surface area is 119 Å². The molecule has 3 rings (SSSR count). The highest BCUT2D eigenvalue weighted by molar-refractivity contribution is 7.15. The molecule has 2 aromatic heterocycles. The number of methoxy groups -OCH3 is 1. The van der Waals surface area contributed by atoms with Crippen molar-refractivity contribution in [2.75, 3.05) is 12.4 Å². The van der Waals surface area contributed by atoms with Crippen LogP contribution in [0.2, 0.25) is 0 Å². The van der Waals surface area contributed by atoms with E-state index in [9.17, 15) is 4.39 Å². The van der Waals surface area contributed by atoms with Gasteiger partial charge in [0.15, 0.2) is 4.96 Å². The van der Waals surface area contributed by atoms with Gasteiger partial charge in [0.1, 0.15) is 11.5 Å². The van der Waals surface area contributed by atoms with Crippen molar-refractivity contribution in [3.8, 4) is 5.88 Å². The summed E-state index contributed by atoms with van der Waals surface area (Å²) >= 11 is 1.53. The molecule has 0 aliphatic carbocycles. The maximum Gasteiger partial charge on any atom is 0.238 e. The lowest BCUT2D eigenvalue weighted by Gasteiger charge is -2.09. The number of anilines is 1. The average molecular weight is 291 g/mol. The van der Waals surface area contributed by atoms with E-state index in [1.54, 1.807) is 19.2 Å². The van der Waals surface area contributed by atoms with E-state index in [1.165, 1.54) is 17.4 Å². The zero-order valence-electron chi connectivity index (χ0n) is 11.2. The number of nitrogens with zero attached hydrogens (tertiary/aromatic N) is 2. The summed E-state index contributed by atoms with van der Waals surface area (Å²) in [6, 6.07) is 5.00. The second-order valence-corrected chi connectivity index (χ2v) is 5.33. The highest BCUT2D eigenvalue weighted by atomic mass is 32.1. The summed E-state index contributed by atoms with van der Waals surface area (Å²) in [4.78, 5) is 5.23. The van der Waals surface area contributed by atoms with Gasteiger partial charge in [-0.25, -0.2) is 4.39 Å². The lowest BCUT2D eigenvalue weighted by Crippen LogP contribution is -2.05. The van der Waals surface area contributed by atoms with E-state index in [-0.39, 0.29) is 5.82 Å². The third-order valence-corrected chi connectivity index (χ3v) is 3.84. The molecule has 0 fully saturated rings. The van der Waals surface area contributed by atoms with Crippen molar-refractivity contribution < 1.29 is 9.13 Å². The van der Waals surface area contributed by atoms with E-state index in [4.69, 9.17) is 4.74 Å². The lowest BCUT2D eigenvalue weighted by atomic mass is 10.2. The molecule has 0 aliphatic heterocycles. The smallest absolute Gasteiger partial charge is 0.238 e. The van der Waals surface area contributed by atoms with Gasteiger partial charge in [-0.3, -0.25) is 4.40 Å². The fourth-order valence-electron chi connectivity index (χ4n) is 2.09. The number of halogens is 1. The fraction of sp³-hybridized carbons (Fsp3) is 0.214. The van der Waals surface area contributed by atoms with Crippen molar-refractivity contribution in [1.29, 1.82) is 0 Å². The molecule has 20 heavy (non-hydrogen) atoms. The average Bonchev–Trinajstić information content (AvgIpc) is 3.00. The number of hydrogen-bond donors (Lipinski definition) is 1. The number of benzene rings is 1. The fourth-order valence-corrected chi connectivity index (χ4v) is 2.82. The molecule has 0 aliphatic rings. The van der Waals surface area contributed by atoms with E-state index in [1.807, 2.05) is 22.9 Å². The van der Waals surface area contributed by atoms with E-state index >= 15 is 0 Å². The Morgan fingerprint density at radius 3 is 3.10 bits per heavy atom. The molecule has 0 saturated heterocycles. The molecule has 0 unspecified atom stereocenters. The molecular formula is C14H14FN3OS. The van der Waals surface area contributed by atoms with Gasteiger partial charge in [-0.1, -0.05) is 6.07 Å². The highest BCUT2D eigenvalue weighted by Gasteiger charge is 2.14. The van der Waals surface area contributed by atoms with E-state index < -0.39 is 0 Å². The first-order chi connectivity index (χ1) is 9.69. The summed E-state index contributed by atoms with van der Waals surface area (Å²) in [5, 5.41) is 5.06. The van der Waals surface area contributed by atoms with Gasteiger partial charge in [-0.2, -0.15) is 4.98 Å². The number of aryl methyl sites for hydroxylation is 1. The topological polar surface area (TPSA) is 38.6 Å². The molecule has 104 valence electrons. The molecule has 0 spiro atoms. The molecule has 1 N–H and O–H groups in total. The summed E-state index contributed by atoms with van der Waals surface area (Å²) in [5.74, 6) is 0.304. The van der Waals surface area contributed by atoms with Gasteiger partial charge in [0.2, 0.25) is 5.88 Å². The van der Waals surface area contributed by atoms with Crippen LogP contribution in [0.5, 0.6) is 5.88 Å². The van der Waals surface area contributed by atoms with Crippen molar-refractivity contribution >= 4 is 22.0 Å². The molecule has 0 radical (unpaired) electrons. The van der Waals surface area contributed by atoms with Crippen LogP contribution in [0, 0.1) is 12.7 Å². The van der Waals surface area contributed by atoms with Crippen molar-refractivity contribution in [2.24, 2.45) is 0 Å². The number of aromatic nitrogens is 2. The second-order valence-electron chi connectivity index (χ2n) is 4.46. The second kappa shape index (κ2) is 5.13. The highest BCUT2D eigenvalue weighted by Crippen LogP contribution is 2.24. The summed E-state index contributed by atoms with van der Waals surface area (Å²) in [7, 11) is 1.59. The van der Waals surface area contributed by atoms with Crippen LogP contribution in [-0.4, -0.2) is 16.5 Å². The monoisotopic (exact) mass is 291 g/mol. The largest absolute Gasteiger partial charge is 0.480 e. The predicted octanol–water partition coefficient (Wildman–Crippen LogP) is 3.46.